The van der Waals surface area contributed by atoms with Gasteiger partial charge < -0.3 is 20.4 Å². The number of benzene rings is 1. The number of amides is 2. The Morgan fingerprint density at radius 1 is 1.37 bits per heavy atom. The van der Waals surface area contributed by atoms with Crippen LogP contribution in [0.4, 0.5) is 4.79 Å². The summed E-state index contributed by atoms with van der Waals surface area (Å²) in [7, 11) is 0. The Labute approximate surface area is 178 Å². The molecule has 2 heterocycles. The molecule has 1 aromatic carbocycles. The fraction of sp³-hybridized carbons (Fsp3) is 0.333. The van der Waals surface area contributed by atoms with E-state index in [0.717, 1.165) is 5.69 Å². The fourth-order valence-corrected chi connectivity index (χ4v) is 4.56. The summed E-state index contributed by atoms with van der Waals surface area (Å²) >= 11 is 1.23. The summed E-state index contributed by atoms with van der Waals surface area (Å²) in [5.41, 5.74) is 7.31. The van der Waals surface area contributed by atoms with Crippen molar-refractivity contribution in [1.82, 2.24) is 14.9 Å². The lowest BCUT2D eigenvalue weighted by Crippen LogP contribution is -2.37. The summed E-state index contributed by atoms with van der Waals surface area (Å²) in [6, 6.07) is 8.85. The van der Waals surface area contributed by atoms with Crippen molar-refractivity contribution in [3.05, 3.63) is 65.8 Å². The zero-order valence-corrected chi connectivity index (χ0v) is 17.5. The van der Waals surface area contributed by atoms with E-state index in [4.69, 9.17) is 10.5 Å². The van der Waals surface area contributed by atoms with Crippen LogP contribution in [0.3, 0.4) is 0 Å². The van der Waals surface area contributed by atoms with E-state index in [1.54, 1.807) is 24.0 Å². The lowest BCUT2D eigenvalue weighted by atomic mass is 10.1. The molecule has 158 valence electrons. The minimum Gasteiger partial charge on any atom is -0.445 e. The third kappa shape index (κ3) is 5.10. The maximum Gasteiger partial charge on any atom is 0.410 e. The van der Waals surface area contributed by atoms with Crippen molar-refractivity contribution in [2.24, 2.45) is 5.73 Å². The normalized spacial score (nSPS) is 18.2. The van der Waals surface area contributed by atoms with Crippen molar-refractivity contribution in [3.63, 3.8) is 0 Å². The SMILES string of the molecule is C=CCOC(=O)N1C[C@@H](SC(=O)c2ccccc2)C[C@H]1Cc1[nH]c(C(N)=O)nc1C. The zero-order chi connectivity index (χ0) is 21.7. The number of likely N-dealkylation sites (tertiary alicyclic amines) is 1. The van der Waals surface area contributed by atoms with Crippen LogP contribution in [0.25, 0.3) is 0 Å². The Bertz CT molecular complexity index is 944. The number of carbonyl (C=O) groups is 3. The zero-order valence-electron chi connectivity index (χ0n) is 16.7. The van der Waals surface area contributed by atoms with Crippen molar-refractivity contribution in [2.75, 3.05) is 13.2 Å². The van der Waals surface area contributed by atoms with Crippen LogP contribution < -0.4 is 5.73 Å². The van der Waals surface area contributed by atoms with Gasteiger partial charge in [-0.2, -0.15) is 0 Å². The molecule has 2 aromatic rings. The van der Waals surface area contributed by atoms with Gasteiger partial charge in [0.1, 0.15) is 6.61 Å². The molecule has 0 saturated carbocycles. The quantitative estimate of drug-likeness (QED) is 0.655. The minimum atomic E-state index is -0.639. The molecule has 1 aromatic heterocycles. The molecule has 2 atom stereocenters. The Morgan fingerprint density at radius 3 is 2.73 bits per heavy atom. The highest BCUT2D eigenvalue weighted by molar-refractivity contribution is 8.14. The number of nitrogens with one attached hydrogen (secondary N) is 1. The highest BCUT2D eigenvalue weighted by Crippen LogP contribution is 2.32. The smallest absolute Gasteiger partial charge is 0.410 e. The predicted molar refractivity (Wildman–Crippen MR) is 114 cm³/mol. The molecule has 9 heteroatoms. The van der Waals surface area contributed by atoms with Gasteiger partial charge in [0.05, 0.1) is 5.69 Å². The molecule has 3 rings (SSSR count). The van der Waals surface area contributed by atoms with Gasteiger partial charge in [0.25, 0.3) is 5.91 Å². The Kier molecular flexibility index (Phi) is 6.94. The topological polar surface area (TPSA) is 118 Å². The van der Waals surface area contributed by atoms with Gasteiger partial charge in [-0.3, -0.25) is 9.59 Å². The lowest BCUT2D eigenvalue weighted by molar-refractivity contribution is 0.0989. The molecule has 0 unspecified atom stereocenters. The van der Waals surface area contributed by atoms with Crippen molar-refractivity contribution in [3.8, 4) is 0 Å². The predicted octanol–water partition coefficient (Wildman–Crippen LogP) is 2.70. The van der Waals surface area contributed by atoms with Crippen LogP contribution >= 0.6 is 11.8 Å². The van der Waals surface area contributed by atoms with E-state index in [-0.39, 0.29) is 28.8 Å². The van der Waals surface area contributed by atoms with Gasteiger partial charge >= 0.3 is 6.09 Å². The first-order valence-corrected chi connectivity index (χ1v) is 10.4. The van der Waals surface area contributed by atoms with E-state index in [0.29, 0.717) is 30.6 Å². The molecule has 1 aliphatic rings. The van der Waals surface area contributed by atoms with E-state index in [2.05, 4.69) is 16.5 Å². The number of hydrogen-bond acceptors (Lipinski definition) is 6. The Morgan fingerprint density at radius 2 is 2.10 bits per heavy atom. The number of nitrogens with two attached hydrogens (primary N) is 1. The number of rotatable bonds is 7. The van der Waals surface area contributed by atoms with E-state index >= 15 is 0 Å². The van der Waals surface area contributed by atoms with Crippen LogP contribution in [-0.2, 0) is 11.2 Å². The van der Waals surface area contributed by atoms with Crippen molar-refractivity contribution in [2.45, 2.75) is 31.1 Å². The summed E-state index contributed by atoms with van der Waals surface area (Å²) in [5, 5.41) is -0.104. The second-order valence-electron chi connectivity index (χ2n) is 7.02. The summed E-state index contributed by atoms with van der Waals surface area (Å²) in [6.45, 7) is 5.84. The second kappa shape index (κ2) is 9.62. The standard InChI is InChI=1S/C21H24N4O4S/c1-3-9-29-21(28)25-12-16(30-20(27)14-7-5-4-6-8-14)10-15(25)11-17-13(2)23-19(24-17)18(22)26/h3-8,15-16H,1,9-12H2,2H3,(H2,22,26)(H,23,24)/t15-,16-/m0/s1. The van der Waals surface area contributed by atoms with E-state index in [1.165, 1.54) is 17.8 Å². The summed E-state index contributed by atoms with van der Waals surface area (Å²) in [6.07, 6.45) is 2.11. The number of aromatic nitrogens is 2. The van der Waals surface area contributed by atoms with Gasteiger partial charge in [-0.15, -0.1) is 0 Å². The number of ether oxygens (including phenoxy) is 1. The van der Waals surface area contributed by atoms with E-state index in [9.17, 15) is 14.4 Å². The van der Waals surface area contributed by atoms with Gasteiger partial charge in [-0.05, 0) is 13.3 Å². The third-order valence-electron chi connectivity index (χ3n) is 4.88. The third-order valence-corrected chi connectivity index (χ3v) is 6.00. The van der Waals surface area contributed by atoms with Gasteiger partial charge in [0.2, 0.25) is 5.12 Å². The number of hydrogen-bond donors (Lipinski definition) is 2. The largest absolute Gasteiger partial charge is 0.445 e. The molecule has 30 heavy (non-hydrogen) atoms. The first-order chi connectivity index (χ1) is 14.4. The molecule has 0 radical (unpaired) electrons. The van der Waals surface area contributed by atoms with Crippen LogP contribution in [0.5, 0.6) is 0 Å². The van der Waals surface area contributed by atoms with Gasteiger partial charge in [-0.25, -0.2) is 9.78 Å². The van der Waals surface area contributed by atoms with Gasteiger partial charge in [-0.1, -0.05) is 54.7 Å². The molecule has 8 nitrogen and oxygen atoms in total. The summed E-state index contributed by atoms with van der Waals surface area (Å²) in [5.74, 6) is -0.550. The maximum atomic E-state index is 12.6. The molecular formula is C21H24N4O4S. The number of H-pyrrole nitrogens is 1. The molecule has 0 spiro atoms. The van der Waals surface area contributed by atoms with Crippen molar-refractivity contribution >= 4 is 28.9 Å². The number of carbonyl (C=O) groups excluding carboxylic acids is 3. The average Bonchev–Trinajstić information content (AvgIpc) is 3.30. The number of nitrogens with zero attached hydrogens (tertiary/aromatic N) is 2. The Hall–Kier alpha value is -3.07. The molecule has 0 bridgehead atoms. The van der Waals surface area contributed by atoms with E-state index in [1.807, 2.05) is 18.2 Å². The number of imidazole rings is 1. The second-order valence-corrected chi connectivity index (χ2v) is 8.29. The van der Waals surface area contributed by atoms with Crippen LogP contribution in [-0.4, -0.2) is 56.4 Å². The van der Waals surface area contributed by atoms with Crippen molar-refractivity contribution in [1.29, 1.82) is 0 Å². The van der Waals surface area contributed by atoms with Crippen LogP contribution in [0.2, 0.25) is 0 Å². The number of primary amides is 1. The van der Waals surface area contributed by atoms with Crippen LogP contribution in [0.1, 0.15) is 38.8 Å². The van der Waals surface area contributed by atoms with Crippen molar-refractivity contribution < 1.29 is 19.1 Å². The first kappa shape index (κ1) is 21.6. The van der Waals surface area contributed by atoms with Crippen LogP contribution in [0, 0.1) is 6.92 Å². The monoisotopic (exact) mass is 428 g/mol. The van der Waals surface area contributed by atoms with Gasteiger partial charge in [0, 0.05) is 35.5 Å². The minimum absolute atomic E-state index is 0.0330. The molecule has 1 fully saturated rings. The molecule has 1 saturated heterocycles. The lowest BCUT2D eigenvalue weighted by Gasteiger charge is -2.23. The number of aryl methyl sites for hydroxylation is 1. The summed E-state index contributed by atoms with van der Waals surface area (Å²) < 4.78 is 5.23. The molecule has 3 N–H and O–H groups in total. The molecule has 0 aliphatic carbocycles. The molecule has 1 aliphatic heterocycles. The summed E-state index contributed by atoms with van der Waals surface area (Å²) in [4.78, 5) is 45.3. The molecule has 2 amide bonds. The number of thioether (sulfide) groups is 1. The van der Waals surface area contributed by atoms with Gasteiger partial charge in [0.15, 0.2) is 5.82 Å². The number of aromatic amines is 1. The fourth-order valence-electron chi connectivity index (χ4n) is 3.43. The maximum absolute atomic E-state index is 12.6. The average molecular weight is 429 g/mol. The highest BCUT2D eigenvalue weighted by atomic mass is 32.2. The van der Waals surface area contributed by atoms with E-state index < -0.39 is 12.0 Å². The van der Waals surface area contributed by atoms with Crippen LogP contribution in [0.15, 0.2) is 43.0 Å². The Balaban J connectivity index is 1.74. The first-order valence-electron chi connectivity index (χ1n) is 9.54. The molecular weight excluding hydrogens is 404 g/mol. The highest BCUT2D eigenvalue weighted by Gasteiger charge is 2.38.